The molecule has 1 heterocycles. The molecule has 2 N–H and O–H groups in total. The first-order valence-electron chi connectivity index (χ1n) is 3.56. The van der Waals surface area contributed by atoms with Gasteiger partial charge < -0.3 is 5.73 Å². The number of nitrogen functional groups attached to an aromatic ring is 1. The molecule has 0 saturated carbocycles. The van der Waals surface area contributed by atoms with Crippen LogP contribution in [0.3, 0.4) is 0 Å². The largest absolute Gasteiger partial charge is 0.400 e. The highest BCUT2D eigenvalue weighted by Gasteiger charge is 2.31. The van der Waals surface area contributed by atoms with Gasteiger partial charge in [-0.3, -0.25) is 4.21 Å². The van der Waals surface area contributed by atoms with Crippen molar-refractivity contribution in [2.75, 3.05) is 11.5 Å². The van der Waals surface area contributed by atoms with Gasteiger partial charge in [0.25, 0.3) is 0 Å². The van der Waals surface area contributed by atoms with E-state index in [2.05, 4.69) is 4.98 Å². The number of alkyl halides is 3. The summed E-state index contributed by atoms with van der Waals surface area (Å²) >= 11 is 0. The molecule has 14 heavy (non-hydrogen) atoms. The molecule has 1 rings (SSSR count). The molecule has 0 aliphatic heterocycles. The van der Waals surface area contributed by atoms with Gasteiger partial charge in [-0.05, 0) is 12.1 Å². The highest BCUT2D eigenvalue weighted by molar-refractivity contribution is 7.85. The average molecular weight is 224 g/mol. The Morgan fingerprint density at radius 1 is 1.50 bits per heavy atom. The lowest BCUT2D eigenvalue weighted by atomic mass is 10.5. The first-order chi connectivity index (χ1) is 6.40. The fraction of sp³-hybridized carbons (Fsp3) is 0.286. The molecule has 78 valence electrons. The molecule has 0 saturated heterocycles. The van der Waals surface area contributed by atoms with Crippen LogP contribution in [-0.4, -0.2) is 21.1 Å². The summed E-state index contributed by atoms with van der Waals surface area (Å²) in [6.45, 7) is 0. The quantitative estimate of drug-likeness (QED) is 0.824. The molecule has 1 aromatic rings. The minimum absolute atomic E-state index is 0.0789. The van der Waals surface area contributed by atoms with E-state index < -0.39 is 22.7 Å². The number of nitrogens with zero attached hydrogens (tertiary/aromatic N) is 1. The van der Waals surface area contributed by atoms with Crippen molar-refractivity contribution < 1.29 is 17.4 Å². The van der Waals surface area contributed by atoms with E-state index in [0.29, 0.717) is 0 Å². The highest BCUT2D eigenvalue weighted by atomic mass is 32.2. The molecule has 0 aliphatic carbocycles. The van der Waals surface area contributed by atoms with E-state index in [1.807, 2.05) is 0 Å². The highest BCUT2D eigenvalue weighted by Crippen LogP contribution is 2.21. The summed E-state index contributed by atoms with van der Waals surface area (Å²) in [5.74, 6) is -1.53. The number of anilines is 1. The topological polar surface area (TPSA) is 56.0 Å². The number of pyridine rings is 1. The molecule has 1 unspecified atom stereocenters. The summed E-state index contributed by atoms with van der Waals surface area (Å²) in [4.78, 5) is 3.47. The summed E-state index contributed by atoms with van der Waals surface area (Å²) < 4.78 is 46.8. The van der Waals surface area contributed by atoms with Crippen LogP contribution in [-0.2, 0) is 10.8 Å². The maximum atomic E-state index is 11.9. The first kappa shape index (κ1) is 11.0. The molecule has 1 aromatic heterocycles. The van der Waals surface area contributed by atoms with Crippen molar-refractivity contribution in [1.82, 2.24) is 4.98 Å². The van der Waals surface area contributed by atoms with Crippen molar-refractivity contribution in [3.05, 3.63) is 18.3 Å². The van der Waals surface area contributed by atoms with Crippen molar-refractivity contribution in [3.8, 4) is 0 Å². The van der Waals surface area contributed by atoms with E-state index >= 15 is 0 Å². The average Bonchev–Trinajstić information content (AvgIpc) is 2.01. The van der Waals surface area contributed by atoms with E-state index in [-0.39, 0.29) is 10.7 Å². The molecule has 3 nitrogen and oxygen atoms in total. The minimum Gasteiger partial charge on any atom is -0.383 e. The lowest BCUT2D eigenvalue weighted by molar-refractivity contribution is -0.105. The fourth-order valence-electron chi connectivity index (χ4n) is 0.822. The third-order valence-corrected chi connectivity index (χ3v) is 2.77. The summed E-state index contributed by atoms with van der Waals surface area (Å²) in [5.41, 5.74) is 5.27. The monoisotopic (exact) mass is 224 g/mol. The zero-order chi connectivity index (χ0) is 10.8. The van der Waals surface area contributed by atoms with Gasteiger partial charge in [0.05, 0.1) is 15.7 Å². The van der Waals surface area contributed by atoms with Gasteiger partial charge in [0, 0.05) is 6.20 Å². The maximum absolute atomic E-state index is 11.9. The normalized spacial score (nSPS) is 13.9. The maximum Gasteiger partial charge on any atom is 0.400 e. The van der Waals surface area contributed by atoms with Crippen molar-refractivity contribution in [1.29, 1.82) is 0 Å². The standard InChI is InChI=1S/C7H7F3N2OS/c8-7(9,10)4-14(13)5-2-1-3-12-6(5)11/h1-3H,4H2,(H2,11,12). The van der Waals surface area contributed by atoms with Crippen LogP contribution < -0.4 is 5.73 Å². The molecule has 0 amide bonds. The Hall–Kier alpha value is -1.11. The van der Waals surface area contributed by atoms with Crippen LogP contribution in [0.25, 0.3) is 0 Å². The van der Waals surface area contributed by atoms with Gasteiger partial charge in [-0.25, -0.2) is 4.98 Å². The summed E-state index contributed by atoms with van der Waals surface area (Å²) in [5, 5.41) is 0. The van der Waals surface area contributed by atoms with Crippen LogP contribution in [0.15, 0.2) is 23.2 Å². The first-order valence-corrected chi connectivity index (χ1v) is 4.87. The number of hydrogen-bond donors (Lipinski definition) is 1. The summed E-state index contributed by atoms with van der Waals surface area (Å²) in [7, 11) is -2.18. The van der Waals surface area contributed by atoms with Gasteiger partial charge in [-0.1, -0.05) is 0 Å². The lowest BCUT2D eigenvalue weighted by Crippen LogP contribution is -2.19. The zero-order valence-corrected chi connectivity index (χ0v) is 7.73. The zero-order valence-electron chi connectivity index (χ0n) is 6.91. The summed E-state index contributed by atoms with van der Waals surface area (Å²) in [6, 6.07) is 2.66. The van der Waals surface area contributed by atoms with Gasteiger partial charge >= 0.3 is 6.18 Å². The molecule has 0 aliphatic rings. The summed E-state index contributed by atoms with van der Waals surface area (Å²) in [6.07, 6.45) is -3.14. The van der Waals surface area contributed by atoms with Gasteiger partial charge in [0.1, 0.15) is 11.6 Å². The SMILES string of the molecule is Nc1ncccc1S(=O)CC(F)(F)F. The predicted octanol–water partition coefficient (Wildman–Crippen LogP) is 1.33. The van der Waals surface area contributed by atoms with Gasteiger partial charge in [-0.2, -0.15) is 13.2 Å². The Bertz CT molecular complexity index is 353. The van der Waals surface area contributed by atoms with Crippen molar-refractivity contribution in [2.45, 2.75) is 11.1 Å². The number of hydrogen-bond acceptors (Lipinski definition) is 3. The Labute approximate surface area is 80.6 Å². The van der Waals surface area contributed by atoms with E-state index in [1.54, 1.807) is 0 Å². The molecule has 0 bridgehead atoms. The Balaban J connectivity index is 2.86. The fourth-order valence-corrected chi connectivity index (χ4v) is 1.79. The third kappa shape index (κ3) is 2.99. The third-order valence-electron chi connectivity index (χ3n) is 1.34. The van der Waals surface area contributed by atoms with E-state index in [4.69, 9.17) is 5.73 Å². The van der Waals surface area contributed by atoms with E-state index in [0.717, 1.165) is 0 Å². The molecule has 1 atom stereocenters. The molecular weight excluding hydrogens is 217 g/mol. The minimum atomic E-state index is -4.47. The van der Waals surface area contributed by atoms with Crippen molar-refractivity contribution in [2.24, 2.45) is 0 Å². The molecular formula is C7H7F3N2OS. The van der Waals surface area contributed by atoms with Gasteiger partial charge in [0.2, 0.25) is 0 Å². The molecule has 0 fully saturated rings. The van der Waals surface area contributed by atoms with Crippen LogP contribution in [0.5, 0.6) is 0 Å². The molecule has 0 radical (unpaired) electrons. The van der Waals surface area contributed by atoms with Crippen LogP contribution in [0.4, 0.5) is 19.0 Å². The van der Waals surface area contributed by atoms with Crippen LogP contribution in [0.2, 0.25) is 0 Å². The predicted molar refractivity (Wildman–Crippen MR) is 46.0 cm³/mol. The second-order valence-corrected chi connectivity index (χ2v) is 3.91. The Morgan fingerprint density at radius 3 is 2.64 bits per heavy atom. The molecule has 0 spiro atoms. The van der Waals surface area contributed by atoms with E-state index in [9.17, 15) is 17.4 Å². The number of rotatable bonds is 2. The molecule has 0 aromatic carbocycles. The molecule has 7 heteroatoms. The number of aromatic nitrogens is 1. The second kappa shape index (κ2) is 3.95. The Kier molecular flexibility index (Phi) is 3.10. The lowest BCUT2D eigenvalue weighted by Gasteiger charge is -2.07. The number of halogens is 3. The van der Waals surface area contributed by atoms with E-state index in [1.165, 1.54) is 18.3 Å². The van der Waals surface area contributed by atoms with Crippen LogP contribution in [0, 0.1) is 0 Å². The van der Waals surface area contributed by atoms with Crippen molar-refractivity contribution in [3.63, 3.8) is 0 Å². The smallest absolute Gasteiger partial charge is 0.383 e. The Morgan fingerprint density at radius 2 is 2.14 bits per heavy atom. The van der Waals surface area contributed by atoms with Crippen LogP contribution in [0.1, 0.15) is 0 Å². The van der Waals surface area contributed by atoms with Crippen molar-refractivity contribution >= 4 is 16.6 Å². The number of nitrogens with two attached hydrogens (primary N) is 1. The van der Waals surface area contributed by atoms with Gasteiger partial charge in [0.15, 0.2) is 0 Å². The second-order valence-electron chi connectivity index (χ2n) is 2.49. The van der Waals surface area contributed by atoms with Crippen LogP contribution >= 0.6 is 0 Å². The van der Waals surface area contributed by atoms with Gasteiger partial charge in [-0.15, -0.1) is 0 Å².